The number of aliphatic imine (C=N–C) groups is 1. The Kier molecular flexibility index (Phi) is 2.86. The van der Waals surface area contributed by atoms with E-state index in [1.807, 2.05) is 0 Å². The van der Waals surface area contributed by atoms with Gasteiger partial charge in [0.05, 0.1) is 6.20 Å². The Morgan fingerprint density at radius 3 is 3.00 bits per heavy atom. The average Bonchev–Trinajstić information content (AvgIpc) is 2.04. The molecule has 0 saturated carbocycles. The predicted molar refractivity (Wildman–Crippen MR) is 44.3 cm³/mol. The summed E-state index contributed by atoms with van der Waals surface area (Å²) in [5, 5.41) is 0.450. The number of hydrogen-bond acceptors (Lipinski definition) is 3. The van der Waals surface area contributed by atoms with E-state index >= 15 is 0 Å². The van der Waals surface area contributed by atoms with Gasteiger partial charge in [-0.15, -0.1) is 0 Å². The van der Waals surface area contributed by atoms with Gasteiger partial charge in [0, 0.05) is 7.05 Å². The molecular formula is C7H7ClN2O. The number of ether oxygens (including phenoxy) is 1. The summed E-state index contributed by atoms with van der Waals surface area (Å²) >= 11 is 5.55. The highest BCUT2D eigenvalue weighted by Crippen LogP contribution is 2.10. The van der Waals surface area contributed by atoms with Crippen molar-refractivity contribution < 1.29 is 4.74 Å². The van der Waals surface area contributed by atoms with Crippen LogP contribution in [-0.2, 0) is 0 Å². The summed E-state index contributed by atoms with van der Waals surface area (Å²) in [5.41, 5.74) is 0. The number of aromatic nitrogens is 1. The summed E-state index contributed by atoms with van der Waals surface area (Å²) in [6, 6.07) is 3.37. The van der Waals surface area contributed by atoms with Crippen LogP contribution in [0.3, 0.4) is 0 Å². The molecule has 58 valence electrons. The quantitative estimate of drug-likeness (QED) is 0.385. The number of pyridine rings is 1. The van der Waals surface area contributed by atoms with Crippen LogP contribution in [0.15, 0.2) is 23.3 Å². The Hall–Kier alpha value is -1.09. The summed E-state index contributed by atoms with van der Waals surface area (Å²) in [7, 11) is 1.63. The number of halogens is 1. The van der Waals surface area contributed by atoms with Gasteiger partial charge in [-0.05, 0) is 12.1 Å². The molecule has 0 bridgehead atoms. The van der Waals surface area contributed by atoms with Crippen molar-refractivity contribution in [1.29, 1.82) is 0 Å². The standard InChI is InChI=1S/C7H7ClN2O/c1-9-5-11-6-2-3-7(8)10-4-6/h2-5H,1H3/b9-5-. The minimum atomic E-state index is 0.450. The maximum Gasteiger partial charge on any atom is 0.176 e. The Bertz CT molecular complexity index is 245. The predicted octanol–water partition coefficient (Wildman–Crippen LogP) is 1.77. The molecule has 1 aromatic rings. The van der Waals surface area contributed by atoms with E-state index in [4.69, 9.17) is 16.3 Å². The second-order valence-electron chi connectivity index (χ2n) is 1.80. The molecule has 1 rings (SSSR count). The maximum absolute atomic E-state index is 5.55. The van der Waals surface area contributed by atoms with Gasteiger partial charge in [-0.25, -0.2) is 4.98 Å². The van der Waals surface area contributed by atoms with Crippen molar-refractivity contribution in [2.24, 2.45) is 4.99 Å². The van der Waals surface area contributed by atoms with Crippen LogP contribution in [0.4, 0.5) is 0 Å². The van der Waals surface area contributed by atoms with Crippen molar-refractivity contribution in [2.45, 2.75) is 0 Å². The highest BCUT2D eigenvalue weighted by molar-refractivity contribution is 6.29. The van der Waals surface area contributed by atoms with Crippen molar-refractivity contribution >= 4 is 18.0 Å². The van der Waals surface area contributed by atoms with Gasteiger partial charge in [0.25, 0.3) is 0 Å². The Morgan fingerprint density at radius 2 is 2.45 bits per heavy atom. The lowest BCUT2D eigenvalue weighted by molar-refractivity contribution is 0.570. The summed E-state index contributed by atoms with van der Waals surface area (Å²) < 4.78 is 5.00. The minimum Gasteiger partial charge on any atom is -0.445 e. The lowest BCUT2D eigenvalue weighted by atomic mass is 10.5. The third-order valence-electron chi connectivity index (χ3n) is 0.994. The molecule has 0 radical (unpaired) electrons. The van der Waals surface area contributed by atoms with E-state index in [9.17, 15) is 0 Å². The number of hydrogen-bond donors (Lipinski definition) is 0. The van der Waals surface area contributed by atoms with Crippen molar-refractivity contribution in [3.05, 3.63) is 23.5 Å². The zero-order valence-electron chi connectivity index (χ0n) is 5.99. The second kappa shape index (κ2) is 3.93. The molecule has 0 aromatic carbocycles. The first-order valence-corrected chi connectivity index (χ1v) is 3.39. The van der Waals surface area contributed by atoms with Gasteiger partial charge in [-0.1, -0.05) is 11.6 Å². The molecular weight excluding hydrogens is 164 g/mol. The van der Waals surface area contributed by atoms with E-state index in [2.05, 4.69) is 9.98 Å². The van der Waals surface area contributed by atoms with Crippen LogP contribution in [0, 0.1) is 0 Å². The highest BCUT2D eigenvalue weighted by atomic mass is 35.5. The molecule has 4 heteroatoms. The molecule has 3 nitrogen and oxygen atoms in total. The molecule has 1 aromatic heterocycles. The average molecular weight is 171 g/mol. The molecule has 0 amide bonds. The summed E-state index contributed by atoms with van der Waals surface area (Å²) in [4.78, 5) is 7.46. The highest BCUT2D eigenvalue weighted by Gasteiger charge is 1.90. The van der Waals surface area contributed by atoms with Gasteiger partial charge in [-0.3, -0.25) is 4.99 Å². The first-order valence-electron chi connectivity index (χ1n) is 3.02. The molecule has 0 aliphatic rings. The van der Waals surface area contributed by atoms with Gasteiger partial charge in [-0.2, -0.15) is 0 Å². The Labute approximate surface area is 69.7 Å². The fraction of sp³-hybridized carbons (Fsp3) is 0.143. The number of rotatable bonds is 2. The van der Waals surface area contributed by atoms with Crippen LogP contribution in [0.2, 0.25) is 5.15 Å². The van der Waals surface area contributed by atoms with Crippen LogP contribution in [0.1, 0.15) is 0 Å². The van der Waals surface area contributed by atoms with E-state index < -0.39 is 0 Å². The van der Waals surface area contributed by atoms with E-state index in [0.29, 0.717) is 10.9 Å². The first kappa shape index (κ1) is 8.01. The van der Waals surface area contributed by atoms with Crippen LogP contribution >= 0.6 is 11.6 Å². The molecule has 0 aliphatic carbocycles. The lowest BCUT2D eigenvalue weighted by Gasteiger charge is -1.96. The largest absolute Gasteiger partial charge is 0.445 e. The van der Waals surface area contributed by atoms with E-state index in [1.165, 1.54) is 12.6 Å². The van der Waals surface area contributed by atoms with Crippen molar-refractivity contribution in [3.63, 3.8) is 0 Å². The summed E-state index contributed by atoms with van der Waals surface area (Å²) in [5.74, 6) is 0.625. The fourth-order valence-corrected chi connectivity index (χ4v) is 0.657. The van der Waals surface area contributed by atoms with Crippen molar-refractivity contribution in [2.75, 3.05) is 7.05 Å². The van der Waals surface area contributed by atoms with Gasteiger partial charge in [0.15, 0.2) is 6.40 Å². The van der Waals surface area contributed by atoms with Gasteiger partial charge >= 0.3 is 0 Å². The van der Waals surface area contributed by atoms with E-state index in [0.717, 1.165) is 0 Å². The maximum atomic E-state index is 5.55. The third kappa shape index (κ3) is 2.55. The monoisotopic (exact) mass is 170 g/mol. The molecule has 0 N–H and O–H groups in total. The van der Waals surface area contributed by atoms with Crippen LogP contribution in [0.5, 0.6) is 5.75 Å². The molecule has 0 saturated heterocycles. The normalized spacial score (nSPS) is 10.4. The number of nitrogens with zero attached hydrogens (tertiary/aromatic N) is 2. The molecule has 1 heterocycles. The first-order chi connectivity index (χ1) is 5.33. The molecule has 0 aliphatic heterocycles. The van der Waals surface area contributed by atoms with Crippen LogP contribution in [-0.4, -0.2) is 18.4 Å². The molecule has 0 atom stereocenters. The van der Waals surface area contributed by atoms with Gasteiger partial charge in [0.2, 0.25) is 0 Å². The van der Waals surface area contributed by atoms with Crippen LogP contribution in [0.25, 0.3) is 0 Å². The Morgan fingerprint density at radius 1 is 1.64 bits per heavy atom. The molecule has 0 unspecified atom stereocenters. The summed E-state index contributed by atoms with van der Waals surface area (Å²) in [6.07, 6.45) is 2.87. The topological polar surface area (TPSA) is 34.5 Å². The smallest absolute Gasteiger partial charge is 0.176 e. The molecule has 0 fully saturated rings. The lowest BCUT2D eigenvalue weighted by Crippen LogP contribution is -1.89. The zero-order valence-corrected chi connectivity index (χ0v) is 6.75. The zero-order chi connectivity index (χ0) is 8.10. The molecule has 11 heavy (non-hydrogen) atoms. The van der Waals surface area contributed by atoms with Gasteiger partial charge < -0.3 is 4.74 Å². The Balaban J connectivity index is 2.66. The van der Waals surface area contributed by atoms with Crippen molar-refractivity contribution in [1.82, 2.24) is 4.98 Å². The van der Waals surface area contributed by atoms with Crippen LogP contribution < -0.4 is 4.74 Å². The molecule has 0 spiro atoms. The SMILES string of the molecule is C/N=C\Oc1ccc(Cl)nc1. The minimum absolute atomic E-state index is 0.450. The second-order valence-corrected chi connectivity index (χ2v) is 2.19. The van der Waals surface area contributed by atoms with E-state index in [-0.39, 0.29) is 0 Å². The van der Waals surface area contributed by atoms with E-state index in [1.54, 1.807) is 19.2 Å². The van der Waals surface area contributed by atoms with Gasteiger partial charge in [0.1, 0.15) is 10.9 Å². The summed E-state index contributed by atoms with van der Waals surface area (Å²) in [6.45, 7) is 0. The third-order valence-corrected chi connectivity index (χ3v) is 1.22. The fourth-order valence-electron chi connectivity index (χ4n) is 0.546. The van der Waals surface area contributed by atoms with Crippen molar-refractivity contribution in [3.8, 4) is 5.75 Å².